The van der Waals surface area contributed by atoms with Gasteiger partial charge in [0.2, 0.25) is 0 Å². The van der Waals surface area contributed by atoms with Crippen LogP contribution in [0.4, 0.5) is 0 Å². The van der Waals surface area contributed by atoms with Gasteiger partial charge in [0.05, 0.1) is 16.5 Å². The summed E-state index contributed by atoms with van der Waals surface area (Å²) in [6.07, 6.45) is 0.572. The maximum absolute atomic E-state index is 11.7. The molecule has 19 heavy (non-hydrogen) atoms. The number of rotatable bonds is 3. The molecule has 1 aliphatic rings. The van der Waals surface area contributed by atoms with Crippen LogP contribution in [0.3, 0.4) is 0 Å². The SMILES string of the molecule is O=C(CC1CCS(=O)(=O)C1)Oc1cc(Cl)ccc1Cl. The number of esters is 1. The molecule has 1 fully saturated rings. The Balaban J connectivity index is 1.97. The lowest BCUT2D eigenvalue weighted by atomic mass is 10.1. The first-order valence-electron chi connectivity index (χ1n) is 5.72. The highest BCUT2D eigenvalue weighted by molar-refractivity contribution is 7.91. The van der Waals surface area contributed by atoms with Gasteiger partial charge in [0, 0.05) is 17.5 Å². The summed E-state index contributed by atoms with van der Waals surface area (Å²) in [5, 5.41) is 0.701. The predicted octanol–water partition coefficient (Wildman–Crippen LogP) is 2.72. The second-order valence-electron chi connectivity index (χ2n) is 4.52. The van der Waals surface area contributed by atoms with Crippen LogP contribution in [0.2, 0.25) is 10.0 Å². The number of halogens is 2. The standard InChI is InChI=1S/C12H12Cl2O4S/c13-9-1-2-10(14)11(6-9)18-12(15)5-8-3-4-19(16,17)7-8/h1-2,6,8H,3-5,7H2. The quantitative estimate of drug-likeness (QED) is 0.634. The molecule has 0 bridgehead atoms. The Bertz CT molecular complexity index is 598. The maximum atomic E-state index is 11.7. The molecule has 0 spiro atoms. The van der Waals surface area contributed by atoms with E-state index in [4.69, 9.17) is 27.9 Å². The third-order valence-electron chi connectivity index (χ3n) is 2.90. The molecule has 2 rings (SSSR count). The summed E-state index contributed by atoms with van der Waals surface area (Å²) in [5.41, 5.74) is 0. The summed E-state index contributed by atoms with van der Waals surface area (Å²) >= 11 is 11.6. The molecule has 1 heterocycles. The summed E-state index contributed by atoms with van der Waals surface area (Å²) in [7, 11) is -2.98. The average Bonchev–Trinajstić information content (AvgIpc) is 2.63. The number of hydrogen-bond donors (Lipinski definition) is 0. The second kappa shape index (κ2) is 5.69. The first-order chi connectivity index (χ1) is 8.85. The lowest BCUT2D eigenvalue weighted by Gasteiger charge is -2.09. The number of hydrogen-bond acceptors (Lipinski definition) is 4. The van der Waals surface area contributed by atoms with Gasteiger partial charge in [-0.15, -0.1) is 0 Å². The van der Waals surface area contributed by atoms with Crippen molar-refractivity contribution in [1.29, 1.82) is 0 Å². The van der Waals surface area contributed by atoms with E-state index < -0.39 is 15.8 Å². The van der Waals surface area contributed by atoms with Crippen LogP contribution in [-0.4, -0.2) is 25.9 Å². The van der Waals surface area contributed by atoms with Crippen LogP contribution in [0.15, 0.2) is 18.2 Å². The molecule has 0 aromatic heterocycles. The smallest absolute Gasteiger partial charge is 0.311 e. The van der Waals surface area contributed by atoms with Gasteiger partial charge < -0.3 is 4.74 Å². The van der Waals surface area contributed by atoms with Crippen molar-refractivity contribution in [3.05, 3.63) is 28.2 Å². The lowest BCUT2D eigenvalue weighted by Crippen LogP contribution is -2.15. The topological polar surface area (TPSA) is 60.4 Å². The van der Waals surface area contributed by atoms with E-state index in [-0.39, 0.29) is 34.6 Å². The largest absolute Gasteiger partial charge is 0.425 e. The molecule has 104 valence electrons. The molecule has 4 nitrogen and oxygen atoms in total. The van der Waals surface area contributed by atoms with E-state index in [2.05, 4.69) is 0 Å². The van der Waals surface area contributed by atoms with E-state index in [1.54, 1.807) is 6.07 Å². The zero-order valence-electron chi connectivity index (χ0n) is 9.93. The minimum absolute atomic E-state index is 0.0470. The van der Waals surface area contributed by atoms with Gasteiger partial charge in [0.25, 0.3) is 0 Å². The van der Waals surface area contributed by atoms with Crippen molar-refractivity contribution in [3.8, 4) is 5.75 Å². The van der Waals surface area contributed by atoms with E-state index in [9.17, 15) is 13.2 Å². The highest BCUT2D eigenvalue weighted by Crippen LogP contribution is 2.29. The number of carbonyl (C=O) groups excluding carboxylic acids is 1. The van der Waals surface area contributed by atoms with Crippen molar-refractivity contribution in [2.45, 2.75) is 12.8 Å². The Morgan fingerprint density at radius 2 is 2.11 bits per heavy atom. The van der Waals surface area contributed by atoms with Crippen LogP contribution >= 0.6 is 23.2 Å². The predicted molar refractivity (Wildman–Crippen MR) is 73.5 cm³/mol. The fourth-order valence-corrected chi connectivity index (χ4v) is 4.17. The van der Waals surface area contributed by atoms with Crippen LogP contribution < -0.4 is 4.74 Å². The van der Waals surface area contributed by atoms with Gasteiger partial charge in [-0.25, -0.2) is 8.42 Å². The molecule has 0 radical (unpaired) electrons. The third-order valence-corrected chi connectivity index (χ3v) is 5.28. The second-order valence-corrected chi connectivity index (χ2v) is 7.59. The van der Waals surface area contributed by atoms with Crippen LogP contribution in [-0.2, 0) is 14.6 Å². The summed E-state index contributed by atoms with van der Waals surface area (Å²) in [6.45, 7) is 0. The number of ether oxygens (including phenoxy) is 1. The molecule has 0 saturated carbocycles. The van der Waals surface area contributed by atoms with Crippen molar-refractivity contribution in [2.75, 3.05) is 11.5 Å². The molecule has 1 aromatic rings. The van der Waals surface area contributed by atoms with Crippen LogP contribution in [0, 0.1) is 5.92 Å². The average molecular weight is 323 g/mol. The van der Waals surface area contributed by atoms with Gasteiger partial charge >= 0.3 is 5.97 Å². The number of benzene rings is 1. The van der Waals surface area contributed by atoms with Crippen molar-refractivity contribution in [1.82, 2.24) is 0 Å². The Kier molecular flexibility index (Phi) is 4.38. The molecule has 1 unspecified atom stereocenters. The Morgan fingerprint density at radius 1 is 1.37 bits per heavy atom. The highest BCUT2D eigenvalue weighted by atomic mass is 35.5. The summed E-state index contributed by atoms with van der Waals surface area (Å²) in [4.78, 5) is 11.7. The first kappa shape index (κ1) is 14.6. The minimum Gasteiger partial charge on any atom is -0.425 e. The number of sulfone groups is 1. The molecule has 0 amide bonds. The number of carbonyl (C=O) groups is 1. The molecule has 0 aliphatic carbocycles. The molecular formula is C12H12Cl2O4S. The molecule has 1 aliphatic heterocycles. The zero-order valence-corrected chi connectivity index (χ0v) is 12.3. The molecule has 0 N–H and O–H groups in total. The highest BCUT2D eigenvalue weighted by Gasteiger charge is 2.30. The maximum Gasteiger partial charge on any atom is 0.311 e. The van der Waals surface area contributed by atoms with Crippen LogP contribution in [0.5, 0.6) is 5.75 Å². The zero-order chi connectivity index (χ0) is 14.0. The van der Waals surface area contributed by atoms with Gasteiger partial charge in [-0.2, -0.15) is 0 Å². The van der Waals surface area contributed by atoms with Crippen molar-refractivity contribution >= 4 is 39.0 Å². The molecule has 1 saturated heterocycles. The third kappa shape index (κ3) is 4.09. The summed E-state index contributed by atoms with van der Waals surface area (Å²) in [6, 6.07) is 4.57. The lowest BCUT2D eigenvalue weighted by molar-refractivity contribution is -0.135. The van der Waals surface area contributed by atoms with Crippen molar-refractivity contribution in [2.24, 2.45) is 5.92 Å². The molecule has 1 atom stereocenters. The monoisotopic (exact) mass is 322 g/mol. The van der Waals surface area contributed by atoms with Gasteiger partial charge in [-0.3, -0.25) is 4.79 Å². The van der Waals surface area contributed by atoms with E-state index >= 15 is 0 Å². The Hall–Kier alpha value is -0.780. The molecule has 1 aromatic carbocycles. The molecular weight excluding hydrogens is 311 g/mol. The normalized spacial score (nSPS) is 21.3. The van der Waals surface area contributed by atoms with Gasteiger partial charge in [-0.1, -0.05) is 23.2 Å². The van der Waals surface area contributed by atoms with Crippen molar-refractivity contribution in [3.63, 3.8) is 0 Å². The Labute approximate surface area is 121 Å². The van der Waals surface area contributed by atoms with Gasteiger partial charge in [0.1, 0.15) is 0 Å². The van der Waals surface area contributed by atoms with Crippen molar-refractivity contribution < 1.29 is 17.9 Å². The fourth-order valence-electron chi connectivity index (χ4n) is 1.99. The fraction of sp³-hybridized carbons (Fsp3) is 0.417. The van der Waals surface area contributed by atoms with E-state index in [0.717, 1.165) is 0 Å². The van der Waals surface area contributed by atoms with Crippen LogP contribution in [0.1, 0.15) is 12.8 Å². The van der Waals surface area contributed by atoms with Gasteiger partial charge in [-0.05, 0) is 24.5 Å². The minimum atomic E-state index is -2.98. The molecule has 7 heteroatoms. The Morgan fingerprint density at radius 3 is 2.74 bits per heavy atom. The van der Waals surface area contributed by atoms with E-state index in [1.807, 2.05) is 0 Å². The first-order valence-corrected chi connectivity index (χ1v) is 8.29. The van der Waals surface area contributed by atoms with Gasteiger partial charge in [0.15, 0.2) is 15.6 Å². The van der Waals surface area contributed by atoms with Crippen LogP contribution in [0.25, 0.3) is 0 Å². The summed E-state index contributed by atoms with van der Waals surface area (Å²) in [5.74, 6) is -0.282. The van der Waals surface area contributed by atoms with E-state index in [1.165, 1.54) is 12.1 Å². The van der Waals surface area contributed by atoms with E-state index in [0.29, 0.717) is 11.4 Å². The summed E-state index contributed by atoms with van der Waals surface area (Å²) < 4.78 is 27.7.